The standard InChI is InChI=1S/C14H17BrO2S/c1-9-3-2-4-11(7-9)18-13-6-5-10(14(16)17)8-12(13)15/h5-6,8-9,11H,2-4,7H2,1H3,(H,16,17). The van der Waals surface area contributed by atoms with Crippen molar-refractivity contribution >= 4 is 33.7 Å². The number of benzene rings is 1. The summed E-state index contributed by atoms with van der Waals surface area (Å²) in [4.78, 5) is 12.0. The van der Waals surface area contributed by atoms with Crippen LogP contribution in [0.2, 0.25) is 0 Å². The van der Waals surface area contributed by atoms with E-state index in [4.69, 9.17) is 5.11 Å². The van der Waals surface area contributed by atoms with E-state index in [1.165, 1.54) is 25.7 Å². The van der Waals surface area contributed by atoms with Gasteiger partial charge in [0.25, 0.3) is 0 Å². The van der Waals surface area contributed by atoms with Crippen molar-refractivity contribution < 1.29 is 9.90 Å². The van der Waals surface area contributed by atoms with E-state index in [2.05, 4.69) is 22.9 Å². The lowest BCUT2D eigenvalue weighted by Gasteiger charge is -2.26. The Morgan fingerprint density at radius 1 is 1.44 bits per heavy atom. The number of hydrogen-bond donors (Lipinski definition) is 1. The van der Waals surface area contributed by atoms with Crippen LogP contribution in [0.5, 0.6) is 0 Å². The SMILES string of the molecule is CC1CCCC(Sc2ccc(C(=O)O)cc2Br)C1. The summed E-state index contributed by atoms with van der Waals surface area (Å²) in [5.74, 6) is -0.0631. The van der Waals surface area contributed by atoms with Crippen molar-refractivity contribution in [2.75, 3.05) is 0 Å². The second kappa shape index (κ2) is 6.11. The van der Waals surface area contributed by atoms with Crippen LogP contribution < -0.4 is 0 Å². The Balaban J connectivity index is 2.07. The second-order valence-electron chi connectivity index (χ2n) is 4.96. The van der Waals surface area contributed by atoms with Gasteiger partial charge >= 0.3 is 5.97 Å². The van der Waals surface area contributed by atoms with Gasteiger partial charge in [-0.25, -0.2) is 4.79 Å². The summed E-state index contributed by atoms with van der Waals surface area (Å²) in [7, 11) is 0. The lowest BCUT2D eigenvalue weighted by molar-refractivity contribution is 0.0696. The minimum atomic E-state index is -0.876. The molecule has 2 atom stereocenters. The first-order valence-electron chi connectivity index (χ1n) is 6.25. The molecule has 1 aromatic rings. The average Bonchev–Trinajstić information content (AvgIpc) is 2.31. The molecule has 1 aliphatic rings. The van der Waals surface area contributed by atoms with Crippen LogP contribution in [0.25, 0.3) is 0 Å². The van der Waals surface area contributed by atoms with E-state index in [1.54, 1.807) is 12.1 Å². The molecular weight excluding hydrogens is 312 g/mol. The molecule has 2 nitrogen and oxygen atoms in total. The molecule has 1 N–H and O–H groups in total. The molecule has 0 aliphatic heterocycles. The monoisotopic (exact) mass is 328 g/mol. The summed E-state index contributed by atoms with van der Waals surface area (Å²) >= 11 is 5.35. The maximum atomic E-state index is 10.9. The topological polar surface area (TPSA) is 37.3 Å². The van der Waals surface area contributed by atoms with Crippen molar-refractivity contribution in [3.05, 3.63) is 28.2 Å². The van der Waals surface area contributed by atoms with Gasteiger partial charge in [0.15, 0.2) is 0 Å². The Morgan fingerprint density at radius 2 is 2.22 bits per heavy atom. The van der Waals surface area contributed by atoms with E-state index in [0.717, 1.165) is 15.3 Å². The Morgan fingerprint density at radius 3 is 2.83 bits per heavy atom. The fourth-order valence-corrected chi connectivity index (χ4v) is 4.44. The van der Waals surface area contributed by atoms with Gasteiger partial charge in [0.2, 0.25) is 0 Å². The highest BCUT2D eigenvalue weighted by Gasteiger charge is 2.20. The molecule has 1 fully saturated rings. The summed E-state index contributed by atoms with van der Waals surface area (Å²) in [6.45, 7) is 2.31. The minimum absolute atomic E-state index is 0.336. The Bertz CT molecular complexity index is 447. The number of carbonyl (C=O) groups is 1. The summed E-state index contributed by atoms with van der Waals surface area (Å²) in [5, 5.41) is 9.60. The summed E-state index contributed by atoms with van der Waals surface area (Å²) in [6, 6.07) is 5.29. The molecule has 1 aromatic carbocycles. The van der Waals surface area contributed by atoms with Gasteiger partial charge in [-0.1, -0.05) is 19.8 Å². The number of halogens is 1. The number of aromatic carboxylic acids is 1. The van der Waals surface area contributed by atoms with Crippen LogP contribution in [0.4, 0.5) is 0 Å². The van der Waals surface area contributed by atoms with Crippen LogP contribution in [0.3, 0.4) is 0 Å². The number of rotatable bonds is 3. The van der Waals surface area contributed by atoms with E-state index in [9.17, 15) is 4.79 Å². The summed E-state index contributed by atoms with van der Waals surface area (Å²) in [6.07, 6.45) is 5.18. The van der Waals surface area contributed by atoms with Crippen LogP contribution in [0.15, 0.2) is 27.6 Å². The smallest absolute Gasteiger partial charge is 0.335 e. The zero-order valence-electron chi connectivity index (χ0n) is 10.4. The second-order valence-corrected chi connectivity index (χ2v) is 7.16. The van der Waals surface area contributed by atoms with Gasteiger partial charge < -0.3 is 5.11 Å². The first kappa shape index (κ1) is 13.9. The highest BCUT2D eigenvalue weighted by Crippen LogP contribution is 2.39. The zero-order chi connectivity index (χ0) is 13.1. The normalized spacial score (nSPS) is 23.9. The van der Waals surface area contributed by atoms with Crippen molar-refractivity contribution in [2.45, 2.75) is 42.8 Å². The predicted octanol–water partition coefficient (Wildman–Crippen LogP) is 4.82. The lowest BCUT2D eigenvalue weighted by Crippen LogP contribution is -2.14. The molecule has 98 valence electrons. The molecule has 4 heteroatoms. The van der Waals surface area contributed by atoms with E-state index < -0.39 is 5.97 Å². The highest BCUT2D eigenvalue weighted by molar-refractivity contribution is 9.10. The third-order valence-corrected chi connectivity index (χ3v) is 5.65. The highest BCUT2D eigenvalue weighted by atomic mass is 79.9. The van der Waals surface area contributed by atoms with E-state index >= 15 is 0 Å². The molecule has 0 heterocycles. The van der Waals surface area contributed by atoms with Gasteiger partial charge in [-0.2, -0.15) is 0 Å². The fourth-order valence-electron chi connectivity index (χ4n) is 2.39. The molecule has 18 heavy (non-hydrogen) atoms. The van der Waals surface area contributed by atoms with Gasteiger partial charge in [-0.05, 0) is 52.9 Å². The van der Waals surface area contributed by atoms with Crippen LogP contribution in [0, 0.1) is 5.92 Å². The van der Waals surface area contributed by atoms with Crippen molar-refractivity contribution in [1.82, 2.24) is 0 Å². The van der Waals surface area contributed by atoms with Gasteiger partial charge in [0.1, 0.15) is 0 Å². The van der Waals surface area contributed by atoms with Crippen molar-refractivity contribution in [3.8, 4) is 0 Å². The molecule has 1 saturated carbocycles. The molecule has 2 unspecified atom stereocenters. The lowest BCUT2D eigenvalue weighted by atomic mass is 9.91. The quantitative estimate of drug-likeness (QED) is 0.864. The van der Waals surface area contributed by atoms with Gasteiger partial charge in [0, 0.05) is 14.6 Å². The molecule has 1 aliphatic carbocycles. The van der Waals surface area contributed by atoms with Crippen LogP contribution in [0.1, 0.15) is 43.0 Å². The fraction of sp³-hybridized carbons (Fsp3) is 0.500. The van der Waals surface area contributed by atoms with Crippen LogP contribution in [-0.2, 0) is 0 Å². The first-order chi connectivity index (χ1) is 8.56. The maximum Gasteiger partial charge on any atom is 0.335 e. The van der Waals surface area contributed by atoms with Crippen LogP contribution >= 0.6 is 27.7 Å². The predicted molar refractivity (Wildman–Crippen MR) is 78.4 cm³/mol. The Kier molecular flexibility index (Phi) is 4.73. The molecule has 0 amide bonds. The summed E-state index contributed by atoms with van der Waals surface area (Å²) in [5.41, 5.74) is 0.336. The molecule has 0 bridgehead atoms. The van der Waals surface area contributed by atoms with Crippen molar-refractivity contribution in [3.63, 3.8) is 0 Å². The van der Waals surface area contributed by atoms with Gasteiger partial charge in [-0.3, -0.25) is 0 Å². The molecule has 0 aromatic heterocycles. The number of carboxylic acid groups (broad SMARTS) is 1. The molecule has 2 rings (SSSR count). The maximum absolute atomic E-state index is 10.9. The minimum Gasteiger partial charge on any atom is -0.478 e. The zero-order valence-corrected chi connectivity index (χ0v) is 12.8. The van der Waals surface area contributed by atoms with E-state index in [1.807, 2.05) is 17.8 Å². The van der Waals surface area contributed by atoms with Crippen molar-refractivity contribution in [1.29, 1.82) is 0 Å². The molecule has 0 spiro atoms. The number of hydrogen-bond acceptors (Lipinski definition) is 2. The average molecular weight is 329 g/mol. The van der Waals surface area contributed by atoms with Crippen LogP contribution in [-0.4, -0.2) is 16.3 Å². The summed E-state index contributed by atoms with van der Waals surface area (Å²) < 4.78 is 0.894. The largest absolute Gasteiger partial charge is 0.478 e. The molecule has 0 radical (unpaired) electrons. The Labute approximate surface area is 120 Å². The van der Waals surface area contributed by atoms with Gasteiger partial charge in [-0.15, -0.1) is 11.8 Å². The number of thioether (sulfide) groups is 1. The van der Waals surface area contributed by atoms with Gasteiger partial charge in [0.05, 0.1) is 5.56 Å². The molecule has 0 saturated heterocycles. The third kappa shape index (κ3) is 3.51. The van der Waals surface area contributed by atoms with Crippen molar-refractivity contribution in [2.24, 2.45) is 5.92 Å². The van der Waals surface area contributed by atoms with E-state index in [-0.39, 0.29) is 0 Å². The third-order valence-electron chi connectivity index (χ3n) is 3.36. The first-order valence-corrected chi connectivity index (χ1v) is 7.93. The Hall–Kier alpha value is -0.480. The van der Waals surface area contributed by atoms with E-state index in [0.29, 0.717) is 10.8 Å². The number of carboxylic acids is 1. The molecular formula is C14H17BrO2S.